The van der Waals surface area contributed by atoms with E-state index in [9.17, 15) is 10.1 Å². The SMILES string of the molecule is CNCc1cccc(-c2c([N+](=O)[O-])oc3ccc(C)cc23)c1.Cl. The molecule has 0 saturated heterocycles. The predicted molar refractivity (Wildman–Crippen MR) is 93.1 cm³/mol. The Kier molecular flexibility index (Phi) is 5.03. The molecule has 1 N–H and O–H groups in total. The molecular formula is C17H17ClN2O3. The zero-order chi connectivity index (χ0) is 15.7. The van der Waals surface area contributed by atoms with Gasteiger partial charge in [-0.3, -0.25) is 10.1 Å². The number of nitrogens with one attached hydrogen (secondary N) is 1. The molecule has 0 unspecified atom stereocenters. The van der Waals surface area contributed by atoms with Crippen molar-refractivity contribution in [1.29, 1.82) is 0 Å². The first-order valence-corrected chi connectivity index (χ1v) is 7.01. The Morgan fingerprint density at radius 3 is 2.70 bits per heavy atom. The predicted octanol–water partition coefficient (Wildman–Crippen LogP) is 4.46. The summed E-state index contributed by atoms with van der Waals surface area (Å²) in [5, 5.41) is 15.2. The van der Waals surface area contributed by atoms with E-state index < -0.39 is 4.92 Å². The monoisotopic (exact) mass is 332 g/mol. The van der Waals surface area contributed by atoms with E-state index in [2.05, 4.69) is 5.32 Å². The molecule has 5 nitrogen and oxygen atoms in total. The fourth-order valence-corrected chi connectivity index (χ4v) is 2.65. The molecule has 0 fully saturated rings. The average Bonchev–Trinajstić information content (AvgIpc) is 2.86. The molecule has 120 valence electrons. The summed E-state index contributed by atoms with van der Waals surface area (Å²) >= 11 is 0. The molecule has 0 aliphatic rings. The van der Waals surface area contributed by atoms with E-state index in [4.69, 9.17) is 4.42 Å². The molecule has 0 amide bonds. The third-order valence-electron chi connectivity index (χ3n) is 3.59. The van der Waals surface area contributed by atoms with Crippen molar-refractivity contribution in [2.45, 2.75) is 13.5 Å². The molecule has 0 atom stereocenters. The highest BCUT2D eigenvalue weighted by molar-refractivity contribution is 5.99. The van der Waals surface area contributed by atoms with Gasteiger partial charge in [-0.2, -0.15) is 0 Å². The highest BCUT2D eigenvalue weighted by atomic mass is 35.5. The second-order valence-electron chi connectivity index (χ2n) is 5.27. The molecule has 3 rings (SSSR count). The smallest absolute Gasteiger partial charge is 0.400 e. The lowest BCUT2D eigenvalue weighted by molar-refractivity contribution is -0.400. The van der Waals surface area contributed by atoms with Gasteiger partial charge in [0.05, 0.1) is 0 Å². The Morgan fingerprint density at radius 1 is 1.22 bits per heavy atom. The normalized spacial score (nSPS) is 10.5. The minimum absolute atomic E-state index is 0. The summed E-state index contributed by atoms with van der Waals surface area (Å²) in [6.45, 7) is 2.66. The van der Waals surface area contributed by atoms with Crippen LogP contribution in [-0.4, -0.2) is 12.0 Å². The van der Waals surface area contributed by atoms with Gasteiger partial charge in [0.25, 0.3) is 0 Å². The van der Waals surface area contributed by atoms with Crippen LogP contribution in [0.15, 0.2) is 46.9 Å². The highest BCUT2D eigenvalue weighted by Gasteiger charge is 2.25. The molecule has 2 aromatic carbocycles. The zero-order valence-electron chi connectivity index (χ0n) is 12.8. The van der Waals surface area contributed by atoms with E-state index >= 15 is 0 Å². The number of nitrogens with zero attached hydrogens (tertiary/aromatic N) is 1. The largest absolute Gasteiger partial charge is 0.442 e. The lowest BCUT2D eigenvalue weighted by Gasteiger charge is -2.04. The number of aryl methyl sites for hydroxylation is 1. The van der Waals surface area contributed by atoms with Gasteiger partial charge in [0.2, 0.25) is 0 Å². The number of benzene rings is 2. The average molecular weight is 333 g/mol. The first-order chi connectivity index (χ1) is 10.6. The standard InChI is InChI=1S/C17H16N2O3.ClH/c1-11-6-7-15-14(8-11)16(17(22-15)19(20)21)13-5-3-4-12(9-13)10-18-2;/h3-9,18H,10H2,1-2H3;1H. The Bertz CT molecular complexity index is 858. The molecule has 1 aromatic heterocycles. The van der Waals surface area contributed by atoms with Crippen molar-refractivity contribution in [2.24, 2.45) is 0 Å². The van der Waals surface area contributed by atoms with Gasteiger partial charge in [-0.05, 0) is 43.3 Å². The van der Waals surface area contributed by atoms with E-state index in [0.29, 0.717) is 17.7 Å². The molecule has 1 heterocycles. The maximum atomic E-state index is 11.4. The van der Waals surface area contributed by atoms with E-state index in [1.54, 1.807) is 6.07 Å². The molecule has 0 aliphatic carbocycles. The van der Waals surface area contributed by atoms with Crippen molar-refractivity contribution in [3.8, 4) is 11.1 Å². The lowest BCUT2D eigenvalue weighted by Crippen LogP contribution is -2.04. The van der Waals surface area contributed by atoms with Crippen molar-refractivity contribution in [1.82, 2.24) is 5.32 Å². The van der Waals surface area contributed by atoms with Gasteiger partial charge >= 0.3 is 5.88 Å². The number of rotatable bonds is 4. The van der Waals surface area contributed by atoms with Gasteiger partial charge in [0.15, 0.2) is 0 Å². The van der Waals surface area contributed by atoms with Crippen molar-refractivity contribution in [3.63, 3.8) is 0 Å². The van der Waals surface area contributed by atoms with Gasteiger partial charge in [0, 0.05) is 11.9 Å². The summed E-state index contributed by atoms with van der Waals surface area (Å²) in [7, 11) is 1.87. The third-order valence-corrected chi connectivity index (χ3v) is 3.59. The van der Waals surface area contributed by atoms with Crippen molar-refractivity contribution < 1.29 is 9.34 Å². The summed E-state index contributed by atoms with van der Waals surface area (Å²) in [5.41, 5.74) is 3.98. The maximum Gasteiger partial charge on any atom is 0.442 e. The molecule has 0 saturated carbocycles. The minimum Gasteiger partial charge on any atom is -0.400 e. The maximum absolute atomic E-state index is 11.4. The van der Waals surface area contributed by atoms with E-state index in [-0.39, 0.29) is 18.3 Å². The number of furan rings is 1. The molecular weight excluding hydrogens is 316 g/mol. The van der Waals surface area contributed by atoms with Crippen LogP contribution in [-0.2, 0) is 6.54 Å². The van der Waals surface area contributed by atoms with Crippen LogP contribution >= 0.6 is 12.4 Å². The minimum atomic E-state index is -0.463. The van der Waals surface area contributed by atoms with Crippen molar-refractivity contribution in [2.75, 3.05) is 7.05 Å². The molecule has 0 radical (unpaired) electrons. The quantitative estimate of drug-likeness (QED) is 0.566. The zero-order valence-corrected chi connectivity index (χ0v) is 13.6. The number of hydrogen-bond acceptors (Lipinski definition) is 4. The van der Waals surface area contributed by atoms with Crippen molar-refractivity contribution >= 4 is 29.3 Å². The first kappa shape index (κ1) is 17.0. The lowest BCUT2D eigenvalue weighted by atomic mass is 10.0. The van der Waals surface area contributed by atoms with E-state index in [1.165, 1.54) is 0 Å². The Hall–Kier alpha value is -2.37. The molecule has 23 heavy (non-hydrogen) atoms. The molecule has 0 bridgehead atoms. The second kappa shape index (κ2) is 6.81. The highest BCUT2D eigenvalue weighted by Crippen LogP contribution is 2.40. The van der Waals surface area contributed by atoms with Crippen LogP contribution in [0.1, 0.15) is 11.1 Å². The van der Waals surface area contributed by atoms with E-state index in [1.807, 2.05) is 50.4 Å². The van der Waals surface area contributed by atoms with Gasteiger partial charge in [-0.25, -0.2) is 0 Å². The van der Waals surface area contributed by atoms with Gasteiger partial charge in [0.1, 0.15) is 16.1 Å². The molecule has 0 spiro atoms. The Morgan fingerprint density at radius 2 is 2.00 bits per heavy atom. The topological polar surface area (TPSA) is 68.3 Å². The summed E-state index contributed by atoms with van der Waals surface area (Å²) in [6, 6.07) is 13.3. The third kappa shape index (κ3) is 3.21. The number of hydrogen-bond donors (Lipinski definition) is 1. The van der Waals surface area contributed by atoms with Crippen LogP contribution in [0.5, 0.6) is 0 Å². The fourth-order valence-electron chi connectivity index (χ4n) is 2.65. The van der Waals surface area contributed by atoms with Crippen LogP contribution in [0.25, 0.3) is 22.1 Å². The molecule has 0 aliphatic heterocycles. The second-order valence-corrected chi connectivity index (χ2v) is 5.27. The van der Waals surface area contributed by atoms with Crippen LogP contribution in [0.3, 0.4) is 0 Å². The van der Waals surface area contributed by atoms with E-state index in [0.717, 1.165) is 22.1 Å². The summed E-state index contributed by atoms with van der Waals surface area (Å²) in [5.74, 6) is -0.206. The summed E-state index contributed by atoms with van der Waals surface area (Å²) < 4.78 is 5.46. The molecule has 3 aromatic rings. The van der Waals surface area contributed by atoms with Crippen LogP contribution < -0.4 is 5.32 Å². The fraction of sp³-hybridized carbons (Fsp3) is 0.176. The Labute approximate surface area is 139 Å². The van der Waals surface area contributed by atoms with Crippen LogP contribution in [0, 0.1) is 17.0 Å². The number of nitro groups is 1. The van der Waals surface area contributed by atoms with Gasteiger partial charge in [-0.1, -0.05) is 29.8 Å². The van der Waals surface area contributed by atoms with Crippen molar-refractivity contribution in [3.05, 3.63) is 63.7 Å². The summed E-state index contributed by atoms with van der Waals surface area (Å²) in [4.78, 5) is 10.9. The van der Waals surface area contributed by atoms with Gasteiger partial charge in [-0.15, -0.1) is 12.4 Å². The number of fused-ring (bicyclic) bond motifs is 1. The summed E-state index contributed by atoms with van der Waals surface area (Å²) in [6.07, 6.45) is 0. The van der Waals surface area contributed by atoms with Gasteiger partial charge < -0.3 is 9.73 Å². The Balaban J connectivity index is 0.00000192. The first-order valence-electron chi connectivity index (χ1n) is 7.01. The van der Waals surface area contributed by atoms with Crippen LogP contribution in [0.4, 0.5) is 5.88 Å². The number of halogens is 1. The van der Waals surface area contributed by atoms with Crippen LogP contribution in [0.2, 0.25) is 0 Å². The molecule has 6 heteroatoms.